The molecular formula is C18H17BrF2N4O. The minimum absolute atomic E-state index is 0.0231. The van der Waals surface area contributed by atoms with E-state index in [4.69, 9.17) is 0 Å². The van der Waals surface area contributed by atoms with Crippen molar-refractivity contribution in [2.24, 2.45) is 7.05 Å². The predicted octanol–water partition coefficient (Wildman–Crippen LogP) is 4.51. The third-order valence-electron chi connectivity index (χ3n) is 4.15. The summed E-state index contributed by atoms with van der Waals surface area (Å²) < 4.78 is 27.7. The van der Waals surface area contributed by atoms with Crippen LogP contribution in [0.3, 0.4) is 0 Å². The highest BCUT2D eigenvalue weighted by Crippen LogP contribution is 2.27. The molecule has 5 nitrogen and oxygen atoms in total. The Morgan fingerprint density at radius 1 is 1.19 bits per heavy atom. The fraction of sp³-hybridized carbons (Fsp3) is 0.278. The third-order valence-corrected chi connectivity index (χ3v) is 4.72. The summed E-state index contributed by atoms with van der Waals surface area (Å²) >= 11 is 3.26. The van der Waals surface area contributed by atoms with Crippen molar-refractivity contribution < 1.29 is 8.78 Å². The molecule has 1 aromatic carbocycles. The summed E-state index contributed by atoms with van der Waals surface area (Å²) in [7, 11) is 1.64. The number of hydrogen-bond donors (Lipinski definition) is 1. The summed E-state index contributed by atoms with van der Waals surface area (Å²) in [4.78, 5) is 20.9. The van der Waals surface area contributed by atoms with Crippen LogP contribution in [0.5, 0.6) is 0 Å². The topological polar surface area (TPSA) is 59.8 Å². The number of nitrogens with zero attached hydrogens (tertiary/aromatic N) is 3. The molecule has 0 aliphatic heterocycles. The maximum atomic E-state index is 12.9. The number of rotatable bonds is 4. The Kier molecular flexibility index (Phi) is 5.04. The van der Waals surface area contributed by atoms with Crippen molar-refractivity contribution in [1.29, 1.82) is 0 Å². The molecule has 8 heteroatoms. The molecule has 0 aliphatic carbocycles. The second-order valence-corrected chi connectivity index (χ2v) is 6.90. The van der Waals surface area contributed by atoms with Gasteiger partial charge in [0, 0.05) is 18.7 Å². The molecule has 136 valence electrons. The third kappa shape index (κ3) is 3.46. The molecule has 0 bridgehead atoms. The summed E-state index contributed by atoms with van der Waals surface area (Å²) in [5, 5.41) is 3.92. The number of nitrogens with one attached hydrogen (secondary N) is 1. The molecule has 0 unspecified atom stereocenters. The number of anilines is 1. The second kappa shape index (κ2) is 7.11. The summed E-state index contributed by atoms with van der Waals surface area (Å²) in [5.74, 6) is 1.05. The van der Waals surface area contributed by atoms with Crippen LogP contribution < -0.4 is 10.9 Å². The highest BCUT2D eigenvalue weighted by atomic mass is 79.9. The van der Waals surface area contributed by atoms with Crippen LogP contribution >= 0.6 is 15.9 Å². The fourth-order valence-corrected chi connectivity index (χ4v) is 3.26. The molecule has 3 rings (SSSR count). The van der Waals surface area contributed by atoms with E-state index in [1.165, 1.54) is 16.7 Å². The van der Waals surface area contributed by atoms with Gasteiger partial charge in [-0.3, -0.25) is 9.36 Å². The molecule has 0 spiro atoms. The first-order valence-corrected chi connectivity index (χ1v) is 8.75. The number of hydrogen-bond acceptors (Lipinski definition) is 4. The maximum Gasteiger partial charge on any atom is 0.266 e. The van der Waals surface area contributed by atoms with Gasteiger partial charge < -0.3 is 5.32 Å². The molecule has 2 heterocycles. The van der Waals surface area contributed by atoms with Crippen LogP contribution in [-0.2, 0) is 7.05 Å². The monoisotopic (exact) mass is 422 g/mol. The van der Waals surface area contributed by atoms with Crippen LogP contribution in [0.25, 0.3) is 11.0 Å². The minimum atomic E-state index is -2.52. The van der Waals surface area contributed by atoms with Crippen LogP contribution in [0.15, 0.2) is 39.6 Å². The average Bonchev–Trinajstić information content (AvgIpc) is 2.61. The Balaban J connectivity index is 2.06. The summed E-state index contributed by atoms with van der Waals surface area (Å²) in [6.45, 7) is 3.60. The van der Waals surface area contributed by atoms with Crippen molar-refractivity contribution in [1.82, 2.24) is 14.5 Å². The molecule has 3 aromatic rings. The molecule has 0 saturated heterocycles. The van der Waals surface area contributed by atoms with Gasteiger partial charge in [0.05, 0.1) is 9.86 Å². The number of halogens is 3. The van der Waals surface area contributed by atoms with Crippen molar-refractivity contribution in [2.45, 2.75) is 26.3 Å². The lowest BCUT2D eigenvalue weighted by Gasteiger charge is -2.18. The lowest BCUT2D eigenvalue weighted by molar-refractivity contribution is 0.151. The first-order chi connectivity index (χ1) is 12.3. The Morgan fingerprint density at radius 2 is 1.88 bits per heavy atom. The molecular weight excluding hydrogens is 406 g/mol. The normalized spacial score (nSPS) is 12.6. The van der Waals surface area contributed by atoms with E-state index in [0.29, 0.717) is 27.1 Å². The summed E-state index contributed by atoms with van der Waals surface area (Å²) in [6, 6.07) is 7.68. The molecule has 0 aliphatic rings. The van der Waals surface area contributed by atoms with E-state index >= 15 is 0 Å². The number of alkyl halides is 2. The van der Waals surface area contributed by atoms with E-state index in [2.05, 4.69) is 31.2 Å². The average molecular weight is 423 g/mol. The van der Waals surface area contributed by atoms with Gasteiger partial charge >= 0.3 is 0 Å². The van der Waals surface area contributed by atoms with Gasteiger partial charge in [0.15, 0.2) is 0 Å². The van der Waals surface area contributed by atoms with Crippen molar-refractivity contribution in [2.75, 3.05) is 5.32 Å². The van der Waals surface area contributed by atoms with Crippen molar-refractivity contribution in [3.05, 3.63) is 62.1 Å². The van der Waals surface area contributed by atoms with Gasteiger partial charge in [-0.25, -0.2) is 18.7 Å². The quantitative estimate of drug-likeness (QED) is 0.671. The molecule has 0 amide bonds. The molecule has 0 fully saturated rings. The summed E-state index contributed by atoms with van der Waals surface area (Å²) in [5.41, 5.74) is 1.00. The zero-order chi connectivity index (χ0) is 19.0. The molecule has 0 saturated carbocycles. The van der Waals surface area contributed by atoms with Crippen LogP contribution in [0, 0.1) is 6.92 Å². The standard InChI is InChI=1S/C18H17BrF2N4O/c1-9(11-5-4-6-12(7-11)15(20)21)22-16-13-8-14(19)18(26)25(3)17(13)24-10(2)23-16/h4-9,15H,1-3H3,(H,22,23,24)/t9-/m1/s1. The van der Waals surface area contributed by atoms with Gasteiger partial charge in [-0.1, -0.05) is 18.2 Å². The van der Waals surface area contributed by atoms with Gasteiger partial charge in [0.25, 0.3) is 12.0 Å². The van der Waals surface area contributed by atoms with Crippen molar-refractivity contribution >= 4 is 32.8 Å². The van der Waals surface area contributed by atoms with E-state index in [0.717, 1.165) is 5.56 Å². The molecule has 1 N–H and O–H groups in total. The highest BCUT2D eigenvalue weighted by molar-refractivity contribution is 9.10. The van der Waals surface area contributed by atoms with Crippen LogP contribution in [0.1, 0.15) is 36.3 Å². The first kappa shape index (κ1) is 18.4. The predicted molar refractivity (Wildman–Crippen MR) is 101 cm³/mol. The lowest BCUT2D eigenvalue weighted by Crippen LogP contribution is -2.20. The lowest BCUT2D eigenvalue weighted by atomic mass is 10.1. The SMILES string of the molecule is Cc1nc(N[C@H](C)c2cccc(C(F)F)c2)c2cc(Br)c(=O)n(C)c2n1. The Hall–Kier alpha value is -2.35. The number of pyridine rings is 1. The Bertz CT molecular complexity index is 1040. The molecule has 0 radical (unpaired) electrons. The van der Waals surface area contributed by atoms with E-state index < -0.39 is 6.43 Å². The van der Waals surface area contributed by atoms with Crippen molar-refractivity contribution in [3.63, 3.8) is 0 Å². The van der Waals surface area contributed by atoms with Crippen molar-refractivity contribution in [3.8, 4) is 0 Å². The maximum absolute atomic E-state index is 12.9. The Labute approximate surface area is 157 Å². The number of fused-ring (bicyclic) bond motifs is 1. The Morgan fingerprint density at radius 3 is 2.58 bits per heavy atom. The highest BCUT2D eigenvalue weighted by Gasteiger charge is 2.16. The number of benzene rings is 1. The van der Waals surface area contributed by atoms with Crippen LogP contribution in [-0.4, -0.2) is 14.5 Å². The fourth-order valence-electron chi connectivity index (χ4n) is 2.76. The van der Waals surface area contributed by atoms with E-state index in [1.807, 2.05) is 6.92 Å². The zero-order valence-electron chi connectivity index (χ0n) is 14.4. The summed E-state index contributed by atoms with van der Waals surface area (Å²) in [6.07, 6.45) is -2.52. The van der Waals surface area contributed by atoms with Gasteiger partial charge in [-0.15, -0.1) is 0 Å². The van der Waals surface area contributed by atoms with E-state index in [1.54, 1.807) is 32.2 Å². The second-order valence-electron chi connectivity index (χ2n) is 6.05. The minimum Gasteiger partial charge on any atom is -0.363 e. The smallest absolute Gasteiger partial charge is 0.266 e. The van der Waals surface area contributed by atoms with E-state index in [-0.39, 0.29) is 17.2 Å². The van der Waals surface area contributed by atoms with Gasteiger partial charge in [0.2, 0.25) is 0 Å². The zero-order valence-corrected chi connectivity index (χ0v) is 16.0. The number of aryl methyl sites for hydroxylation is 2. The van der Waals surface area contributed by atoms with Gasteiger partial charge in [-0.05, 0) is 47.5 Å². The van der Waals surface area contributed by atoms with Crippen LogP contribution in [0.2, 0.25) is 0 Å². The van der Waals surface area contributed by atoms with Crippen LogP contribution in [0.4, 0.5) is 14.6 Å². The molecule has 26 heavy (non-hydrogen) atoms. The molecule has 1 atom stereocenters. The molecule has 2 aromatic heterocycles. The van der Waals surface area contributed by atoms with Gasteiger partial charge in [0.1, 0.15) is 17.3 Å². The number of aromatic nitrogens is 3. The van der Waals surface area contributed by atoms with Gasteiger partial charge in [-0.2, -0.15) is 0 Å². The first-order valence-electron chi connectivity index (χ1n) is 7.96. The van der Waals surface area contributed by atoms with E-state index in [9.17, 15) is 13.6 Å². The largest absolute Gasteiger partial charge is 0.363 e.